The largest absolute Gasteiger partial charge is 0.345 e. The molecular formula is C5H6N4O. The minimum atomic E-state index is -0.492. The van der Waals surface area contributed by atoms with Crippen LogP contribution in [0.2, 0.25) is 0 Å². The van der Waals surface area contributed by atoms with Crippen molar-refractivity contribution in [3.63, 3.8) is 0 Å². The van der Waals surface area contributed by atoms with Crippen molar-refractivity contribution < 1.29 is 4.79 Å². The molecule has 0 bridgehead atoms. The number of terminal acetylenes is 1. The second-order valence-electron chi connectivity index (χ2n) is 1.35. The average molecular weight is 138 g/mol. The van der Waals surface area contributed by atoms with Gasteiger partial charge in [-0.25, -0.2) is 0 Å². The highest BCUT2D eigenvalue weighted by atomic mass is 16.1. The van der Waals surface area contributed by atoms with Crippen LogP contribution in [0.4, 0.5) is 0 Å². The van der Waals surface area contributed by atoms with Gasteiger partial charge in [-0.05, 0) is 11.5 Å². The smallest absolute Gasteiger partial charge is 0.295 e. The monoisotopic (exact) mass is 138 g/mol. The molecule has 52 valence electrons. The Balaban J connectivity index is 3.30. The van der Waals surface area contributed by atoms with Gasteiger partial charge >= 0.3 is 0 Å². The lowest BCUT2D eigenvalue weighted by Gasteiger charge is -1.93. The zero-order chi connectivity index (χ0) is 7.82. The first-order valence-electron chi connectivity index (χ1n) is 2.56. The van der Waals surface area contributed by atoms with Gasteiger partial charge in [-0.1, -0.05) is 5.11 Å². The molecule has 1 N–H and O–H groups in total. The number of nitrogens with one attached hydrogen (secondary N) is 1. The average Bonchev–Trinajstić information content (AvgIpc) is 1.98. The molecule has 0 atom stereocenters. The van der Waals surface area contributed by atoms with Crippen LogP contribution in [-0.4, -0.2) is 19.0 Å². The lowest BCUT2D eigenvalue weighted by molar-refractivity contribution is -0.115. The summed E-state index contributed by atoms with van der Waals surface area (Å²) in [6.45, 7) is 0.511. The molecule has 10 heavy (non-hydrogen) atoms. The maximum Gasteiger partial charge on any atom is 0.295 e. The number of hydrogen-bond acceptors (Lipinski definition) is 2. The lowest BCUT2D eigenvalue weighted by Crippen LogP contribution is -2.23. The van der Waals surface area contributed by atoms with Gasteiger partial charge in [0.15, 0.2) is 0 Å². The van der Waals surface area contributed by atoms with Crippen LogP contribution in [0.3, 0.4) is 0 Å². The molecule has 0 aromatic carbocycles. The van der Waals surface area contributed by atoms with Crippen molar-refractivity contribution in [1.29, 1.82) is 0 Å². The van der Waals surface area contributed by atoms with E-state index in [0.717, 1.165) is 0 Å². The molecule has 0 saturated heterocycles. The zero-order valence-electron chi connectivity index (χ0n) is 5.24. The summed E-state index contributed by atoms with van der Waals surface area (Å²) in [6, 6.07) is 0. The number of carbonyl (C=O) groups excluding carboxylic acids is 1. The van der Waals surface area contributed by atoms with Crippen molar-refractivity contribution >= 4 is 5.91 Å². The van der Waals surface area contributed by atoms with Crippen LogP contribution in [0.25, 0.3) is 10.4 Å². The Morgan fingerprint density at radius 1 is 1.90 bits per heavy atom. The van der Waals surface area contributed by atoms with Crippen LogP contribution in [0.15, 0.2) is 5.11 Å². The molecule has 0 aliphatic heterocycles. The Hall–Kier alpha value is -1.66. The molecule has 0 spiro atoms. The van der Waals surface area contributed by atoms with Gasteiger partial charge in [0.1, 0.15) is 0 Å². The van der Waals surface area contributed by atoms with E-state index in [9.17, 15) is 4.79 Å². The fourth-order valence-corrected chi connectivity index (χ4v) is 0.315. The van der Waals surface area contributed by atoms with E-state index >= 15 is 0 Å². The molecule has 1 amide bonds. The number of carbonyl (C=O) groups is 1. The van der Waals surface area contributed by atoms with Crippen molar-refractivity contribution in [1.82, 2.24) is 5.32 Å². The van der Waals surface area contributed by atoms with Crippen LogP contribution in [-0.2, 0) is 4.79 Å². The van der Waals surface area contributed by atoms with Gasteiger partial charge in [-0.15, -0.1) is 6.42 Å². The first kappa shape index (κ1) is 8.34. The van der Waals surface area contributed by atoms with E-state index in [1.807, 2.05) is 5.92 Å². The van der Waals surface area contributed by atoms with Crippen LogP contribution in [0.5, 0.6) is 0 Å². The number of hydrogen-bond donors (Lipinski definition) is 1. The quantitative estimate of drug-likeness (QED) is 0.193. The number of rotatable bonds is 3. The third kappa shape index (κ3) is 4.50. The summed E-state index contributed by atoms with van der Waals surface area (Å²) in [4.78, 5) is 12.8. The van der Waals surface area contributed by atoms with Gasteiger partial charge < -0.3 is 5.32 Å². The Labute approximate surface area is 58.0 Å². The van der Waals surface area contributed by atoms with Crippen molar-refractivity contribution in [2.45, 2.75) is 0 Å². The van der Waals surface area contributed by atoms with E-state index in [0.29, 0.717) is 0 Å². The third-order valence-corrected chi connectivity index (χ3v) is 0.692. The minimum absolute atomic E-state index is 0.226. The van der Waals surface area contributed by atoms with Crippen molar-refractivity contribution in [2.24, 2.45) is 5.11 Å². The highest BCUT2D eigenvalue weighted by Crippen LogP contribution is 1.68. The van der Waals surface area contributed by atoms with Crippen LogP contribution >= 0.6 is 0 Å². The Morgan fingerprint density at radius 3 is 3.10 bits per heavy atom. The van der Waals surface area contributed by atoms with E-state index in [1.165, 1.54) is 0 Å². The molecule has 5 nitrogen and oxygen atoms in total. The molecule has 0 radical (unpaired) electrons. The summed E-state index contributed by atoms with van der Waals surface area (Å²) in [5.41, 5.74) is 7.79. The SMILES string of the molecule is C#CC(=O)NCCN=[N+]=[N-]. The minimum Gasteiger partial charge on any atom is -0.345 e. The van der Waals surface area contributed by atoms with Crippen LogP contribution < -0.4 is 5.32 Å². The molecule has 0 aromatic rings. The molecule has 0 aliphatic carbocycles. The van der Waals surface area contributed by atoms with Gasteiger partial charge in [0.05, 0.1) is 0 Å². The molecule has 0 rings (SSSR count). The highest BCUT2D eigenvalue weighted by Gasteiger charge is 1.89. The fraction of sp³-hybridized carbons (Fsp3) is 0.400. The zero-order valence-corrected chi connectivity index (χ0v) is 5.24. The maximum absolute atomic E-state index is 10.3. The standard InChI is InChI=1S/C5H6N4O/c1-2-5(10)7-3-4-8-9-6/h1H,3-4H2,(H,7,10). The normalized spacial score (nSPS) is 7.10. The van der Waals surface area contributed by atoms with Crippen LogP contribution in [0, 0.1) is 12.3 Å². The van der Waals surface area contributed by atoms with Gasteiger partial charge in [0, 0.05) is 18.0 Å². The molecule has 0 aromatic heterocycles. The molecular weight excluding hydrogens is 132 g/mol. The fourth-order valence-electron chi connectivity index (χ4n) is 0.315. The van der Waals surface area contributed by atoms with E-state index in [-0.39, 0.29) is 13.1 Å². The first-order chi connectivity index (χ1) is 4.81. The Morgan fingerprint density at radius 2 is 2.60 bits per heavy atom. The summed E-state index contributed by atoms with van der Waals surface area (Å²) in [5, 5.41) is 5.50. The van der Waals surface area contributed by atoms with E-state index in [4.69, 9.17) is 12.0 Å². The highest BCUT2D eigenvalue weighted by molar-refractivity contribution is 5.92. The van der Waals surface area contributed by atoms with E-state index in [2.05, 4.69) is 15.3 Å². The molecule has 0 fully saturated rings. The lowest BCUT2D eigenvalue weighted by atomic mass is 10.6. The van der Waals surface area contributed by atoms with E-state index < -0.39 is 5.91 Å². The topological polar surface area (TPSA) is 77.9 Å². The number of amides is 1. The van der Waals surface area contributed by atoms with Gasteiger partial charge in [-0.2, -0.15) is 0 Å². The van der Waals surface area contributed by atoms with Crippen molar-refractivity contribution in [3.05, 3.63) is 10.4 Å². The number of nitrogens with zero attached hydrogens (tertiary/aromatic N) is 3. The second-order valence-corrected chi connectivity index (χ2v) is 1.35. The number of azide groups is 1. The molecule has 5 heteroatoms. The van der Waals surface area contributed by atoms with Gasteiger partial charge in [-0.3, -0.25) is 4.79 Å². The Kier molecular flexibility index (Phi) is 4.57. The summed E-state index contributed by atoms with van der Waals surface area (Å²) in [5.74, 6) is 1.36. The summed E-state index contributed by atoms with van der Waals surface area (Å²) in [7, 11) is 0. The Bertz CT molecular complexity index is 198. The molecule has 0 unspecified atom stereocenters. The third-order valence-electron chi connectivity index (χ3n) is 0.692. The predicted molar refractivity (Wildman–Crippen MR) is 35.9 cm³/mol. The van der Waals surface area contributed by atoms with Crippen LogP contribution in [0.1, 0.15) is 0 Å². The molecule has 0 saturated carbocycles. The molecule has 0 heterocycles. The second kappa shape index (κ2) is 5.48. The van der Waals surface area contributed by atoms with Gasteiger partial charge in [0.25, 0.3) is 5.91 Å². The summed E-state index contributed by atoms with van der Waals surface area (Å²) in [6.07, 6.45) is 4.72. The van der Waals surface area contributed by atoms with Gasteiger partial charge in [0.2, 0.25) is 0 Å². The predicted octanol–water partition coefficient (Wildman–Crippen LogP) is 0.0461. The van der Waals surface area contributed by atoms with Crippen molar-refractivity contribution in [2.75, 3.05) is 13.1 Å². The summed E-state index contributed by atoms with van der Waals surface area (Å²) < 4.78 is 0. The maximum atomic E-state index is 10.3. The van der Waals surface area contributed by atoms with Crippen molar-refractivity contribution in [3.8, 4) is 12.3 Å². The summed E-state index contributed by atoms with van der Waals surface area (Å²) >= 11 is 0. The molecule has 0 aliphatic rings. The first-order valence-corrected chi connectivity index (χ1v) is 2.56. The van der Waals surface area contributed by atoms with E-state index in [1.54, 1.807) is 0 Å².